The van der Waals surface area contributed by atoms with Crippen molar-refractivity contribution in [2.45, 2.75) is 6.61 Å². The highest BCUT2D eigenvalue weighted by molar-refractivity contribution is 6.30. The Balaban J connectivity index is 1.57. The molecule has 0 N–H and O–H groups in total. The smallest absolute Gasteiger partial charge is 0.344 e. The van der Waals surface area contributed by atoms with Gasteiger partial charge in [-0.2, -0.15) is 0 Å². The van der Waals surface area contributed by atoms with Gasteiger partial charge in [-0.25, -0.2) is 9.59 Å². The maximum atomic E-state index is 12.6. The highest BCUT2D eigenvalue weighted by Gasteiger charge is 2.14. The minimum atomic E-state index is -0.568. The number of hydrogen-bond acceptors (Lipinski definition) is 5. The van der Waals surface area contributed by atoms with Crippen molar-refractivity contribution in [2.24, 2.45) is 0 Å². The molecule has 0 saturated carbocycles. The van der Waals surface area contributed by atoms with E-state index in [1.54, 1.807) is 42.5 Å². The first kappa shape index (κ1) is 19.2. The Labute approximate surface area is 181 Å². The number of para-hydroxylation sites is 1. The van der Waals surface area contributed by atoms with Gasteiger partial charge in [-0.15, -0.1) is 0 Å². The molecule has 5 rings (SSSR count). The number of ether oxygens (including phenoxy) is 1. The van der Waals surface area contributed by atoms with Gasteiger partial charge in [0.1, 0.15) is 23.5 Å². The first-order valence-electron chi connectivity index (χ1n) is 9.55. The first-order valence-corrected chi connectivity index (χ1v) is 9.93. The topological polar surface area (TPSA) is 69.7 Å². The van der Waals surface area contributed by atoms with Gasteiger partial charge >= 0.3 is 11.3 Å². The second kappa shape index (κ2) is 7.78. The number of benzene rings is 3. The molecule has 0 aliphatic heterocycles. The molecule has 6 heteroatoms. The minimum Gasteiger partial charge on any atom is -0.489 e. The van der Waals surface area contributed by atoms with Crippen LogP contribution in [0.5, 0.6) is 5.75 Å². The van der Waals surface area contributed by atoms with E-state index in [4.69, 9.17) is 25.2 Å². The van der Waals surface area contributed by atoms with Gasteiger partial charge < -0.3 is 13.6 Å². The normalized spacial score (nSPS) is 11.1. The van der Waals surface area contributed by atoms with Crippen molar-refractivity contribution in [1.82, 2.24) is 0 Å². The molecule has 5 aromatic rings. The third kappa shape index (κ3) is 3.83. The fourth-order valence-corrected chi connectivity index (χ4v) is 3.71. The molecule has 5 nitrogen and oxygen atoms in total. The molecular formula is C25H15ClO5. The fraction of sp³-hybridized carbons (Fsp3) is 0.0400. The SMILES string of the molecule is O=c1cc(-c2cc3ccccc3oc2=O)c2ccc(OCc3cccc(Cl)c3)cc2o1. The fourth-order valence-electron chi connectivity index (χ4n) is 3.50. The number of rotatable bonds is 4. The average Bonchev–Trinajstić information content (AvgIpc) is 2.76. The molecular weight excluding hydrogens is 416 g/mol. The molecule has 0 atom stereocenters. The second-order valence-electron chi connectivity index (χ2n) is 7.04. The van der Waals surface area contributed by atoms with Crippen molar-refractivity contribution in [3.05, 3.63) is 110 Å². The summed E-state index contributed by atoms with van der Waals surface area (Å²) >= 11 is 6.01. The number of hydrogen-bond donors (Lipinski definition) is 0. The molecule has 0 fully saturated rings. The number of halogens is 1. The molecule has 3 aromatic carbocycles. The van der Waals surface area contributed by atoms with Crippen molar-refractivity contribution < 1.29 is 13.6 Å². The van der Waals surface area contributed by atoms with Crippen LogP contribution in [0.25, 0.3) is 33.1 Å². The van der Waals surface area contributed by atoms with E-state index in [2.05, 4.69) is 0 Å². The lowest BCUT2D eigenvalue weighted by atomic mass is 10.0. The van der Waals surface area contributed by atoms with Gasteiger partial charge in [-0.3, -0.25) is 0 Å². The van der Waals surface area contributed by atoms with E-state index in [1.807, 2.05) is 30.3 Å². The van der Waals surface area contributed by atoms with Crippen LogP contribution in [0.3, 0.4) is 0 Å². The highest BCUT2D eigenvalue weighted by atomic mass is 35.5. The summed E-state index contributed by atoms with van der Waals surface area (Å²) in [4.78, 5) is 24.8. The Morgan fingerprint density at radius 1 is 0.774 bits per heavy atom. The van der Waals surface area contributed by atoms with E-state index in [1.165, 1.54) is 6.07 Å². The maximum absolute atomic E-state index is 12.6. The molecule has 2 aromatic heterocycles. The van der Waals surface area contributed by atoms with Crippen molar-refractivity contribution in [3.8, 4) is 16.9 Å². The lowest BCUT2D eigenvalue weighted by Crippen LogP contribution is -2.06. The molecule has 0 aliphatic carbocycles. The molecule has 31 heavy (non-hydrogen) atoms. The summed E-state index contributed by atoms with van der Waals surface area (Å²) in [7, 11) is 0. The van der Waals surface area contributed by atoms with Crippen molar-refractivity contribution >= 4 is 33.5 Å². The molecule has 0 radical (unpaired) electrons. The van der Waals surface area contributed by atoms with Crippen LogP contribution in [-0.2, 0) is 6.61 Å². The third-order valence-electron chi connectivity index (χ3n) is 4.94. The lowest BCUT2D eigenvalue weighted by Gasteiger charge is -2.09. The van der Waals surface area contributed by atoms with E-state index in [0.717, 1.165) is 10.9 Å². The zero-order valence-electron chi connectivity index (χ0n) is 16.1. The van der Waals surface area contributed by atoms with Crippen LogP contribution in [0, 0.1) is 0 Å². The molecule has 0 saturated heterocycles. The van der Waals surface area contributed by atoms with Crippen LogP contribution in [-0.4, -0.2) is 0 Å². The monoisotopic (exact) mass is 430 g/mol. The average molecular weight is 431 g/mol. The highest BCUT2D eigenvalue weighted by Crippen LogP contribution is 2.30. The van der Waals surface area contributed by atoms with Gasteiger partial charge in [0.15, 0.2) is 0 Å². The van der Waals surface area contributed by atoms with Crippen LogP contribution in [0.1, 0.15) is 5.56 Å². The Morgan fingerprint density at radius 3 is 2.52 bits per heavy atom. The number of fused-ring (bicyclic) bond motifs is 2. The van der Waals surface area contributed by atoms with E-state index in [9.17, 15) is 9.59 Å². The van der Waals surface area contributed by atoms with Gasteiger partial charge in [0.25, 0.3) is 0 Å². The third-order valence-corrected chi connectivity index (χ3v) is 5.18. The summed E-state index contributed by atoms with van der Waals surface area (Å²) in [6.45, 7) is 0.310. The molecule has 0 spiro atoms. The summed E-state index contributed by atoms with van der Waals surface area (Å²) < 4.78 is 16.6. The molecule has 0 aliphatic rings. The predicted octanol–water partition coefficient (Wildman–Crippen LogP) is 5.80. The summed E-state index contributed by atoms with van der Waals surface area (Å²) in [6, 6.07) is 22.8. The Hall–Kier alpha value is -3.83. The van der Waals surface area contributed by atoms with E-state index in [0.29, 0.717) is 45.1 Å². The van der Waals surface area contributed by atoms with Crippen LogP contribution >= 0.6 is 11.6 Å². The standard InChI is InChI=1S/C25H15ClO5/c26-17-6-3-4-15(10-17)14-29-18-8-9-19-20(13-24(27)30-23(19)12-18)21-11-16-5-1-2-7-22(16)31-25(21)28/h1-13H,14H2. The maximum Gasteiger partial charge on any atom is 0.344 e. The summed E-state index contributed by atoms with van der Waals surface area (Å²) in [6.07, 6.45) is 0. The molecule has 0 amide bonds. The minimum absolute atomic E-state index is 0.296. The quantitative estimate of drug-likeness (QED) is 0.337. The predicted molar refractivity (Wildman–Crippen MR) is 120 cm³/mol. The van der Waals surface area contributed by atoms with Crippen LogP contribution < -0.4 is 16.0 Å². The molecule has 0 unspecified atom stereocenters. The van der Waals surface area contributed by atoms with Crippen molar-refractivity contribution in [2.75, 3.05) is 0 Å². The van der Waals surface area contributed by atoms with Crippen LogP contribution in [0.15, 0.2) is 97.3 Å². The summed E-state index contributed by atoms with van der Waals surface area (Å²) in [5, 5.41) is 2.00. The lowest BCUT2D eigenvalue weighted by molar-refractivity contribution is 0.306. The Bertz CT molecular complexity index is 1550. The van der Waals surface area contributed by atoms with Gasteiger partial charge in [0.05, 0.1) is 5.56 Å². The zero-order valence-corrected chi connectivity index (χ0v) is 16.9. The van der Waals surface area contributed by atoms with Crippen LogP contribution in [0.2, 0.25) is 5.02 Å². The van der Waals surface area contributed by atoms with Gasteiger partial charge in [0, 0.05) is 33.5 Å². The Kier molecular flexibility index (Phi) is 4.81. The summed E-state index contributed by atoms with van der Waals surface area (Å²) in [5.41, 5.74) is 1.38. The second-order valence-corrected chi connectivity index (χ2v) is 7.48. The van der Waals surface area contributed by atoms with Crippen molar-refractivity contribution in [3.63, 3.8) is 0 Å². The Morgan fingerprint density at radius 2 is 1.65 bits per heavy atom. The van der Waals surface area contributed by atoms with E-state index in [-0.39, 0.29) is 0 Å². The molecule has 0 bridgehead atoms. The van der Waals surface area contributed by atoms with E-state index >= 15 is 0 Å². The summed E-state index contributed by atoms with van der Waals surface area (Å²) in [5.74, 6) is 0.526. The van der Waals surface area contributed by atoms with Gasteiger partial charge in [-0.05, 0) is 42.0 Å². The van der Waals surface area contributed by atoms with Crippen molar-refractivity contribution in [1.29, 1.82) is 0 Å². The molecule has 152 valence electrons. The largest absolute Gasteiger partial charge is 0.489 e. The van der Waals surface area contributed by atoms with Gasteiger partial charge in [-0.1, -0.05) is 41.9 Å². The van der Waals surface area contributed by atoms with Crippen LogP contribution in [0.4, 0.5) is 0 Å². The molecule has 2 heterocycles. The first-order chi connectivity index (χ1) is 15.1. The van der Waals surface area contributed by atoms with E-state index < -0.39 is 11.3 Å². The van der Waals surface area contributed by atoms with Gasteiger partial charge in [0.2, 0.25) is 0 Å². The zero-order chi connectivity index (χ0) is 21.4.